The fraction of sp³-hybridized carbons (Fsp3) is 0.846. The molecule has 1 aliphatic carbocycles. The van der Waals surface area contributed by atoms with Gasteiger partial charge >= 0.3 is 0 Å². The molecule has 0 amide bonds. The number of nitrogens with one attached hydrogen (secondary N) is 1. The van der Waals surface area contributed by atoms with Gasteiger partial charge in [-0.25, -0.2) is 0 Å². The van der Waals surface area contributed by atoms with E-state index >= 15 is 0 Å². The van der Waals surface area contributed by atoms with Gasteiger partial charge in [0.25, 0.3) is 0 Å². The van der Waals surface area contributed by atoms with Crippen molar-refractivity contribution in [1.29, 1.82) is 0 Å². The molecule has 0 aliphatic heterocycles. The highest BCUT2D eigenvalue weighted by molar-refractivity contribution is 4.91. The molecular weight excluding hydrogens is 226 g/mol. The van der Waals surface area contributed by atoms with Crippen molar-refractivity contribution in [2.24, 2.45) is 5.92 Å². The van der Waals surface area contributed by atoms with Crippen molar-refractivity contribution in [3.05, 3.63) is 11.9 Å². The van der Waals surface area contributed by atoms with Crippen LogP contribution in [0.5, 0.6) is 0 Å². The minimum absolute atomic E-state index is 0.791. The van der Waals surface area contributed by atoms with Crippen LogP contribution in [0.15, 0.2) is 6.20 Å². The summed E-state index contributed by atoms with van der Waals surface area (Å²) in [7, 11) is 1.93. The molecule has 1 aromatic heterocycles. The van der Waals surface area contributed by atoms with Gasteiger partial charge in [-0.1, -0.05) is 18.6 Å². The molecule has 1 aliphatic rings. The van der Waals surface area contributed by atoms with Crippen LogP contribution >= 0.6 is 0 Å². The standard InChI is InChI=1S/C13H25N5/c1-3-17(10-12-5-4-6-12)7-8-18-11-13(9-14-2)15-16-18/h11-12,14H,3-10H2,1-2H3. The fourth-order valence-corrected chi connectivity index (χ4v) is 2.37. The molecule has 0 aromatic carbocycles. The Balaban J connectivity index is 1.73. The number of rotatable bonds is 8. The predicted octanol–water partition coefficient (Wildman–Crippen LogP) is 1.12. The molecule has 0 atom stereocenters. The second kappa shape index (κ2) is 6.85. The minimum Gasteiger partial charge on any atom is -0.314 e. The lowest BCUT2D eigenvalue weighted by Gasteiger charge is -2.31. The summed E-state index contributed by atoms with van der Waals surface area (Å²) < 4.78 is 1.95. The lowest BCUT2D eigenvalue weighted by atomic mass is 9.85. The summed E-state index contributed by atoms with van der Waals surface area (Å²) in [6.45, 7) is 7.45. The smallest absolute Gasteiger partial charge is 0.0964 e. The van der Waals surface area contributed by atoms with Gasteiger partial charge < -0.3 is 10.2 Å². The van der Waals surface area contributed by atoms with Crippen LogP contribution in [0.25, 0.3) is 0 Å². The van der Waals surface area contributed by atoms with E-state index in [1.807, 2.05) is 17.9 Å². The zero-order valence-electron chi connectivity index (χ0n) is 11.6. The van der Waals surface area contributed by atoms with Gasteiger partial charge in [0.2, 0.25) is 0 Å². The van der Waals surface area contributed by atoms with Crippen LogP contribution in [-0.4, -0.2) is 46.6 Å². The van der Waals surface area contributed by atoms with Crippen molar-refractivity contribution in [2.45, 2.75) is 39.3 Å². The van der Waals surface area contributed by atoms with Crippen LogP contribution < -0.4 is 5.32 Å². The fourth-order valence-electron chi connectivity index (χ4n) is 2.37. The quantitative estimate of drug-likeness (QED) is 0.752. The molecular formula is C13H25N5. The molecule has 0 spiro atoms. The Kier molecular flexibility index (Phi) is 5.13. The highest BCUT2D eigenvalue weighted by Gasteiger charge is 2.19. The van der Waals surface area contributed by atoms with Crippen molar-refractivity contribution in [3.63, 3.8) is 0 Å². The maximum atomic E-state index is 4.15. The van der Waals surface area contributed by atoms with E-state index in [2.05, 4.69) is 27.5 Å². The molecule has 0 unspecified atom stereocenters. The van der Waals surface area contributed by atoms with Gasteiger partial charge in [-0.15, -0.1) is 5.10 Å². The average molecular weight is 251 g/mol. The number of aromatic nitrogens is 3. The van der Waals surface area contributed by atoms with Crippen molar-refractivity contribution in [3.8, 4) is 0 Å². The zero-order chi connectivity index (χ0) is 12.8. The Bertz CT molecular complexity index is 345. The molecule has 0 bridgehead atoms. The molecule has 0 radical (unpaired) electrons. The Labute approximate surface area is 110 Å². The van der Waals surface area contributed by atoms with Gasteiger partial charge in [0.15, 0.2) is 0 Å². The molecule has 0 saturated heterocycles. The molecule has 1 heterocycles. The summed E-state index contributed by atoms with van der Waals surface area (Å²) in [5.74, 6) is 0.945. The lowest BCUT2D eigenvalue weighted by molar-refractivity contribution is 0.177. The summed E-state index contributed by atoms with van der Waals surface area (Å²) in [6, 6.07) is 0. The average Bonchev–Trinajstić information content (AvgIpc) is 2.75. The van der Waals surface area contributed by atoms with E-state index in [0.717, 1.165) is 37.8 Å². The second-order valence-electron chi connectivity index (χ2n) is 5.19. The van der Waals surface area contributed by atoms with Gasteiger partial charge in [-0.3, -0.25) is 4.68 Å². The maximum Gasteiger partial charge on any atom is 0.0964 e. The molecule has 1 aromatic rings. The predicted molar refractivity (Wildman–Crippen MR) is 72.2 cm³/mol. The van der Waals surface area contributed by atoms with Crippen molar-refractivity contribution < 1.29 is 0 Å². The van der Waals surface area contributed by atoms with E-state index in [0.29, 0.717) is 0 Å². The number of nitrogens with zero attached hydrogens (tertiary/aromatic N) is 4. The molecule has 1 fully saturated rings. The van der Waals surface area contributed by atoms with Crippen molar-refractivity contribution in [1.82, 2.24) is 25.2 Å². The molecule has 102 valence electrons. The number of likely N-dealkylation sites (N-methyl/N-ethyl adjacent to an activating group) is 1. The third-order valence-electron chi connectivity index (χ3n) is 3.78. The van der Waals surface area contributed by atoms with Crippen molar-refractivity contribution >= 4 is 0 Å². The Morgan fingerprint density at radius 2 is 2.33 bits per heavy atom. The lowest BCUT2D eigenvalue weighted by Crippen LogP contribution is -2.34. The first kappa shape index (κ1) is 13.5. The van der Waals surface area contributed by atoms with Crippen LogP contribution in [0, 0.1) is 5.92 Å². The molecule has 2 rings (SSSR count). The molecule has 5 heteroatoms. The summed E-state index contributed by atoms with van der Waals surface area (Å²) in [6.07, 6.45) is 6.31. The van der Waals surface area contributed by atoms with Crippen LogP contribution in [0.3, 0.4) is 0 Å². The van der Waals surface area contributed by atoms with Gasteiger partial charge in [0.05, 0.1) is 12.2 Å². The molecule has 1 N–H and O–H groups in total. The Morgan fingerprint density at radius 1 is 1.50 bits per heavy atom. The molecule has 1 saturated carbocycles. The Morgan fingerprint density at radius 3 is 2.94 bits per heavy atom. The first-order chi connectivity index (χ1) is 8.81. The SMILES string of the molecule is CCN(CCn1cc(CNC)nn1)CC1CCC1. The van der Waals surface area contributed by atoms with Gasteiger partial charge in [-0.2, -0.15) is 0 Å². The topological polar surface area (TPSA) is 46.0 Å². The Hall–Kier alpha value is -0.940. The normalized spacial score (nSPS) is 16.2. The van der Waals surface area contributed by atoms with E-state index < -0.39 is 0 Å². The zero-order valence-corrected chi connectivity index (χ0v) is 11.6. The summed E-state index contributed by atoms with van der Waals surface area (Å²) in [5, 5.41) is 11.4. The van der Waals surface area contributed by atoms with Crippen LogP contribution in [-0.2, 0) is 13.1 Å². The van der Waals surface area contributed by atoms with Gasteiger partial charge in [0.1, 0.15) is 0 Å². The number of hydrogen-bond donors (Lipinski definition) is 1. The maximum absolute atomic E-state index is 4.15. The summed E-state index contributed by atoms with van der Waals surface area (Å²) in [4.78, 5) is 2.53. The largest absolute Gasteiger partial charge is 0.314 e. The highest BCUT2D eigenvalue weighted by Crippen LogP contribution is 2.26. The van der Waals surface area contributed by atoms with Gasteiger partial charge in [0, 0.05) is 25.8 Å². The van der Waals surface area contributed by atoms with Crippen LogP contribution in [0.1, 0.15) is 31.9 Å². The first-order valence-corrected chi connectivity index (χ1v) is 7.07. The minimum atomic E-state index is 0.791. The van der Waals surface area contributed by atoms with E-state index in [1.165, 1.54) is 25.8 Å². The second-order valence-corrected chi connectivity index (χ2v) is 5.19. The van der Waals surface area contributed by atoms with Crippen LogP contribution in [0.4, 0.5) is 0 Å². The first-order valence-electron chi connectivity index (χ1n) is 7.07. The van der Waals surface area contributed by atoms with Crippen LogP contribution in [0.2, 0.25) is 0 Å². The summed E-state index contributed by atoms with van der Waals surface area (Å²) in [5.41, 5.74) is 1.01. The molecule has 18 heavy (non-hydrogen) atoms. The van der Waals surface area contributed by atoms with E-state index in [-0.39, 0.29) is 0 Å². The van der Waals surface area contributed by atoms with E-state index in [1.54, 1.807) is 0 Å². The van der Waals surface area contributed by atoms with Crippen molar-refractivity contribution in [2.75, 3.05) is 26.7 Å². The summed E-state index contributed by atoms with van der Waals surface area (Å²) >= 11 is 0. The van der Waals surface area contributed by atoms with E-state index in [4.69, 9.17) is 0 Å². The highest BCUT2D eigenvalue weighted by atomic mass is 15.4. The third-order valence-corrected chi connectivity index (χ3v) is 3.78. The van der Waals surface area contributed by atoms with E-state index in [9.17, 15) is 0 Å². The monoisotopic (exact) mass is 251 g/mol. The van der Waals surface area contributed by atoms with Gasteiger partial charge in [-0.05, 0) is 32.4 Å². The third kappa shape index (κ3) is 3.78. The molecule has 5 nitrogen and oxygen atoms in total. The number of hydrogen-bond acceptors (Lipinski definition) is 4.